The summed E-state index contributed by atoms with van der Waals surface area (Å²) < 4.78 is 7.27. The molecule has 6 nitrogen and oxygen atoms in total. The maximum atomic E-state index is 5.60. The molecule has 2 aromatic heterocycles. The van der Waals surface area contributed by atoms with Crippen LogP contribution in [-0.4, -0.2) is 32.9 Å². The summed E-state index contributed by atoms with van der Waals surface area (Å²) in [5.41, 5.74) is 0. The molecule has 0 aliphatic heterocycles. The summed E-state index contributed by atoms with van der Waals surface area (Å²) in [6.07, 6.45) is 6.87. The molecule has 0 bridgehead atoms. The zero-order chi connectivity index (χ0) is 14.3. The van der Waals surface area contributed by atoms with Gasteiger partial charge in [0, 0.05) is 12.4 Å². The van der Waals surface area contributed by atoms with E-state index < -0.39 is 0 Å². The summed E-state index contributed by atoms with van der Waals surface area (Å²) in [7, 11) is 0. The van der Waals surface area contributed by atoms with E-state index in [0.717, 1.165) is 5.75 Å². The predicted molar refractivity (Wildman–Crippen MR) is 79.6 cm³/mol. The summed E-state index contributed by atoms with van der Waals surface area (Å²) in [6, 6.07) is 11.6. The minimum Gasteiger partial charge on any atom is -0.492 e. The minimum atomic E-state index is 0.553. The van der Waals surface area contributed by atoms with Crippen molar-refractivity contribution in [3.63, 3.8) is 0 Å². The number of ether oxygens (including phenoxy) is 1. The van der Waals surface area contributed by atoms with Crippen LogP contribution in [0.2, 0.25) is 0 Å². The van der Waals surface area contributed by atoms with Crippen LogP contribution < -0.4 is 10.1 Å². The molecule has 0 fully saturated rings. The molecular weight excluding hydrogens is 266 g/mol. The molecule has 2 heterocycles. The first-order valence-electron chi connectivity index (χ1n) is 6.65. The fourth-order valence-corrected chi connectivity index (χ4v) is 1.82. The number of nitrogens with one attached hydrogen (secondary N) is 1. The smallest absolute Gasteiger partial charge is 0.173 e. The van der Waals surface area contributed by atoms with Gasteiger partial charge in [0.15, 0.2) is 5.82 Å². The number of hydrogen-bond acceptors (Lipinski definition) is 5. The first-order valence-corrected chi connectivity index (χ1v) is 6.65. The Morgan fingerprint density at radius 2 is 2.00 bits per heavy atom. The SMILES string of the molecule is c1ccc(OCCNc2cncc(-n3cccn3)n2)cc1. The third-order valence-corrected chi connectivity index (χ3v) is 2.78. The third-order valence-electron chi connectivity index (χ3n) is 2.78. The van der Waals surface area contributed by atoms with Crippen LogP contribution >= 0.6 is 0 Å². The second-order valence-electron chi connectivity index (χ2n) is 4.30. The number of para-hydroxylation sites is 1. The lowest BCUT2D eigenvalue weighted by atomic mass is 10.3. The van der Waals surface area contributed by atoms with Gasteiger partial charge in [-0.25, -0.2) is 9.67 Å². The molecule has 0 amide bonds. The van der Waals surface area contributed by atoms with Gasteiger partial charge in [-0.15, -0.1) is 0 Å². The van der Waals surface area contributed by atoms with Gasteiger partial charge in [0.2, 0.25) is 0 Å². The molecule has 21 heavy (non-hydrogen) atoms. The lowest BCUT2D eigenvalue weighted by molar-refractivity contribution is 0.332. The van der Waals surface area contributed by atoms with E-state index in [-0.39, 0.29) is 0 Å². The standard InChI is InChI=1S/C15H15N5O/c1-2-5-13(6-3-1)21-10-8-17-14-11-16-12-15(19-14)20-9-4-7-18-20/h1-7,9,11-12H,8,10H2,(H,17,19). The van der Waals surface area contributed by atoms with E-state index >= 15 is 0 Å². The number of nitrogens with zero attached hydrogens (tertiary/aromatic N) is 4. The Bertz CT molecular complexity index is 670. The van der Waals surface area contributed by atoms with Gasteiger partial charge in [0.25, 0.3) is 0 Å². The highest BCUT2D eigenvalue weighted by atomic mass is 16.5. The Morgan fingerprint density at radius 1 is 1.10 bits per heavy atom. The fourth-order valence-electron chi connectivity index (χ4n) is 1.82. The normalized spacial score (nSPS) is 10.3. The average Bonchev–Trinajstić information content (AvgIpc) is 3.07. The van der Waals surface area contributed by atoms with E-state index in [1.807, 2.05) is 42.6 Å². The maximum Gasteiger partial charge on any atom is 0.173 e. The second-order valence-corrected chi connectivity index (χ2v) is 4.30. The van der Waals surface area contributed by atoms with E-state index in [9.17, 15) is 0 Å². The van der Waals surface area contributed by atoms with Crippen LogP contribution in [0.5, 0.6) is 5.75 Å². The Kier molecular flexibility index (Phi) is 4.07. The van der Waals surface area contributed by atoms with Crippen molar-refractivity contribution in [2.24, 2.45) is 0 Å². The lowest BCUT2D eigenvalue weighted by Crippen LogP contribution is -2.13. The highest BCUT2D eigenvalue weighted by Crippen LogP contribution is 2.08. The molecule has 3 aromatic rings. The van der Waals surface area contributed by atoms with Crippen molar-refractivity contribution in [2.45, 2.75) is 0 Å². The molecule has 0 saturated heterocycles. The Morgan fingerprint density at radius 3 is 2.81 bits per heavy atom. The molecule has 3 rings (SSSR count). The van der Waals surface area contributed by atoms with Gasteiger partial charge in [0.05, 0.1) is 18.9 Å². The van der Waals surface area contributed by atoms with Crippen LogP contribution in [0, 0.1) is 0 Å². The highest BCUT2D eigenvalue weighted by molar-refractivity contribution is 5.35. The van der Waals surface area contributed by atoms with Crippen molar-refractivity contribution in [2.75, 3.05) is 18.5 Å². The van der Waals surface area contributed by atoms with Crippen molar-refractivity contribution in [3.8, 4) is 11.6 Å². The molecule has 106 valence electrons. The van der Waals surface area contributed by atoms with E-state index in [1.54, 1.807) is 23.3 Å². The predicted octanol–water partition coefficient (Wildman–Crippen LogP) is 2.15. The molecule has 1 N–H and O–H groups in total. The average molecular weight is 281 g/mol. The monoisotopic (exact) mass is 281 g/mol. The van der Waals surface area contributed by atoms with E-state index in [0.29, 0.717) is 24.8 Å². The Hall–Kier alpha value is -2.89. The molecule has 0 unspecified atom stereocenters. The first-order chi connectivity index (χ1) is 10.4. The summed E-state index contributed by atoms with van der Waals surface area (Å²) in [4.78, 5) is 8.58. The molecule has 0 aliphatic carbocycles. The number of anilines is 1. The van der Waals surface area contributed by atoms with Crippen LogP contribution in [0.15, 0.2) is 61.2 Å². The summed E-state index contributed by atoms with van der Waals surface area (Å²) >= 11 is 0. The van der Waals surface area contributed by atoms with Crippen LogP contribution in [0.4, 0.5) is 5.82 Å². The van der Waals surface area contributed by atoms with Crippen molar-refractivity contribution < 1.29 is 4.74 Å². The molecule has 0 spiro atoms. The number of rotatable bonds is 6. The van der Waals surface area contributed by atoms with E-state index in [1.165, 1.54) is 0 Å². The Balaban J connectivity index is 1.53. The van der Waals surface area contributed by atoms with Crippen molar-refractivity contribution in [3.05, 3.63) is 61.2 Å². The van der Waals surface area contributed by atoms with Crippen LogP contribution in [0.1, 0.15) is 0 Å². The first kappa shape index (κ1) is 13.1. The fraction of sp³-hybridized carbons (Fsp3) is 0.133. The molecule has 1 aromatic carbocycles. The zero-order valence-corrected chi connectivity index (χ0v) is 11.4. The minimum absolute atomic E-state index is 0.553. The zero-order valence-electron chi connectivity index (χ0n) is 11.4. The van der Waals surface area contributed by atoms with E-state index in [4.69, 9.17) is 4.74 Å². The van der Waals surface area contributed by atoms with Gasteiger partial charge in [-0.05, 0) is 18.2 Å². The third kappa shape index (κ3) is 3.56. The van der Waals surface area contributed by atoms with Gasteiger partial charge >= 0.3 is 0 Å². The largest absolute Gasteiger partial charge is 0.492 e. The van der Waals surface area contributed by atoms with Crippen molar-refractivity contribution >= 4 is 5.82 Å². The van der Waals surface area contributed by atoms with E-state index in [2.05, 4.69) is 20.4 Å². The van der Waals surface area contributed by atoms with Gasteiger partial charge < -0.3 is 10.1 Å². The van der Waals surface area contributed by atoms with Crippen LogP contribution in [0.25, 0.3) is 5.82 Å². The highest BCUT2D eigenvalue weighted by Gasteiger charge is 2.01. The number of hydrogen-bond donors (Lipinski definition) is 1. The number of benzene rings is 1. The lowest BCUT2D eigenvalue weighted by Gasteiger charge is -2.08. The van der Waals surface area contributed by atoms with Crippen molar-refractivity contribution in [1.82, 2.24) is 19.7 Å². The van der Waals surface area contributed by atoms with Gasteiger partial charge in [-0.1, -0.05) is 18.2 Å². The topological polar surface area (TPSA) is 64.9 Å². The molecule has 0 radical (unpaired) electrons. The van der Waals surface area contributed by atoms with Gasteiger partial charge in [-0.3, -0.25) is 4.98 Å². The van der Waals surface area contributed by atoms with Crippen LogP contribution in [0.3, 0.4) is 0 Å². The molecular formula is C15H15N5O. The molecule has 0 aliphatic rings. The number of aromatic nitrogens is 4. The Labute approximate surface area is 122 Å². The second kappa shape index (κ2) is 6.51. The molecule has 0 saturated carbocycles. The summed E-state index contributed by atoms with van der Waals surface area (Å²) in [5, 5.41) is 7.30. The quantitative estimate of drug-likeness (QED) is 0.701. The van der Waals surface area contributed by atoms with Crippen LogP contribution in [-0.2, 0) is 0 Å². The maximum absolute atomic E-state index is 5.60. The van der Waals surface area contributed by atoms with Gasteiger partial charge in [0.1, 0.15) is 18.2 Å². The molecule has 0 atom stereocenters. The summed E-state index contributed by atoms with van der Waals surface area (Å²) in [5.74, 6) is 2.23. The van der Waals surface area contributed by atoms with Gasteiger partial charge in [-0.2, -0.15) is 5.10 Å². The summed E-state index contributed by atoms with van der Waals surface area (Å²) in [6.45, 7) is 1.20. The molecule has 6 heteroatoms. The van der Waals surface area contributed by atoms with Crippen molar-refractivity contribution in [1.29, 1.82) is 0 Å².